The van der Waals surface area contributed by atoms with Crippen LogP contribution in [0.1, 0.15) is 6.92 Å². The van der Waals surface area contributed by atoms with E-state index in [0.717, 1.165) is 0 Å². The standard InChI is InChI=1S/C13H18N6O2/c1-2-15-13(20)9-8-21-6-5-19(9)12-11-16-3-4-18(11)7-10(14)17-12/h3-4,7,9H,2,5-6,8,14H2,1H3,(H,15,20). The van der Waals surface area contributed by atoms with Crippen LogP contribution in [0, 0.1) is 0 Å². The quantitative estimate of drug-likeness (QED) is 0.802. The second-order valence-electron chi connectivity index (χ2n) is 4.83. The van der Waals surface area contributed by atoms with Crippen LogP contribution in [0.4, 0.5) is 11.6 Å². The minimum Gasteiger partial charge on any atom is -0.382 e. The van der Waals surface area contributed by atoms with Gasteiger partial charge in [0, 0.05) is 25.5 Å². The molecule has 3 N–H and O–H groups in total. The van der Waals surface area contributed by atoms with Gasteiger partial charge in [0.15, 0.2) is 11.5 Å². The van der Waals surface area contributed by atoms with Crippen LogP contribution < -0.4 is 16.0 Å². The SMILES string of the molecule is CCNC(=O)C1COCCN1c1nc(N)cn2ccnc12. The van der Waals surface area contributed by atoms with Gasteiger partial charge in [-0.2, -0.15) is 0 Å². The molecule has 2 aromatic heterocycles. The third-order valence-corrected chi connectivity index (χ3v) is 3.43. The molecular formula is C13H18N6O2. The lowest BCUT2D eigenvalue weighted by atomic mass is 10.2. The fraction of sp³-hybridized carbons (Fsp3) is 0.462. The summed E-state index contributed by atoms with van der Waals surface area (Å²) in [6.45, 7) is 3.90. The number of amides is 1. The highest BCUT2D eigenvalue weighted by Gasteiger charge is 2.31. The molecule has 3 rings (SSSR count). The Balaban J connectivity index is 2.02. The third kappa shape index (κ3) is 2.49. The van der Waals surface area contributed by atoms with Gasteiger partial charge in [-0.3, -0.25) is 4.79 Å². The molecule has 8 nitrogen and oxygen atoms in total. The van der Waals surface area contributed by atoms with Crippen LogP contribution in [0.3, 0.4) is 0 Å². The van der Waals surface area contributed by atoms with Crippen molar-refractivity contribution >= 4 is 23.2 Å². The van der Waals surface area contributed by atoms with Crippen molar-refractivity contribution in [3.05, 3.63) is 18.6 Å². The van der Waals surface area contributed by atoms with E-state index < -0.39 is 6.04 Å². The zero-order chi connectivity index (χ0) is 14.8. The highest BCUT2D eigenvalue weighted by Crippen LogP contribution is 2.23. The van der Waals surface area contributed by atoms with Crippen molar-refractivity contribution in [2.45, 2.75) is 13.0 Å². The maximum Gasteiger partial charge on any atom is 0.245 e. The Morgan fingerprint density at radius 3 is 3.29 bits per heavy atom. The monoisotopic (exact) mass is 290 g/mol. The maximum atomic E-state index is 12.2. The summed E-state index contributed by atoms with van der Waals surface area (Å²) in [4.78, 5) is 22.8. The number of likely N-dealkylation sites (N-methyl/N-ethyl adjacent to an activating group) is 1. The van der Waals surface area contributed by atoms with E-state index in [-0.39, 0.29) is 5.91 Å². The van der Waals surface area contributed by atoms with Crippen molar-refractivity contribution in [1.82, 2.24) is 19.7 Å². The summed E-state index contributed by atoms with van der Waals surface area (Å²) in [5, 5.41) is 2.82. The number of anilines is 2. The van der Waals surface area contributed by atoms with Gasteiger partial charge in [-0.25, -0.2) is 9.97 Å². The van der Waals surface area contributed by atoms with E-state index in [4.69, 9.17) is 10.5 Å². The molecule has 0 aromatic carbocycles. The number of carbonyl (C=O) groups excluding carboxylic acids is 1. The Morgan fingerprint density at radius 2 is 2.48 bits per heavy atom. The van der Waals surface area contributed by atoms with Crippen LogP contribution >= 0.6 is 0 Å². The van der Waals surface area contributed by atoms with Crippen molar-refractivity contribution in [3.63, 3.8) is 0 Å². The lowest BCUT2D eigenvalue weighted by Crippen LogP contribution is -2.54. The van der Waals surface area contributed by atoms with E-state index in [1.54, 1.807) is 18.6 Å². The van der Waals surface area contributed by atoms with Gasteiger partial charge < -0.3 is 25.1 Å². The topological polar surface area (TPSA) is 97.8 Å². The smallest absolute Gasteiger partial charge is 0.245 e. The number of imidazole rings is 1. The number of carbonyl (C=O) groups is 1. The van der Waals surface area contributed by atoms with Gasteiger partial charge in [0.25, 0.3) is 0 Å². The summed E-state index contributed by atoms with van der Waals surface area (Å²) in [6, 6.07) is -0.423. The second-order valence-corrected chi connectivity index (χ2v) is 4.83. The molecule has 1 aliphatic rings. The Labute approximate surface area is 121 Å². The molecule has 1 atom stereocenters. The van der Waals surface area contributed by atoms with Crippen LogP contribution in [0.25, 0.3) is 5.65 Å². The fourth-order valence-electron chi connectivity index (χ4n) is 2.49. The van der Waals surface area contributed by atoms with Gasteiger partial charge in [-0.1, -0.05) is 0 Å². The molecule has 8 heteroatoms. The van der Waals surface area contributed by atoms with Crippen LogP contribution in [-0.2, 0) is 9.53 Å². The number of hydrogen-bond donors (Lipinski definition) is 2. The largest absolute Gasteiger partial charge is 0.382 e. The molecular weight excluding hydrogens is 272 g/mol. The van der Waals surface area contributed by atoms with E-state index in [1.807, 2.05) is 16.2 Å². The van der Waals surface area contributed by atoms with Crippen LogP contribution in [0.2, 0.25) is 0 Å². The molecule has 2 aromatic rings. The number of morpholine rings is 1. The molecule has 0 spiro atoms. The van der Waals surface area contributed by atoms with Gasteiger partial charge in [0.1, 0.15) is 11.9 Å². The minimum atomic E-state index is -0.423. The van der Waals surface area contributed by atoms with Crippen molar-refractivity contribution in [3.8, 4) is 0 Å². The average molecular weight is 290 g/mol. The van der Waals surface area contributed by atoms with Gasteiger partial charge in [0.2, 0.25) is 5.91 Å². The van der Waals surface area contributed by atoms with Gasteiger partial charge in [-0.05, 0) is 6.92 Å². The first-order valence-electron chi connectivity index (χ1n) is 6.92. The molecule has 0 bridgehead atoms. The number of rotatable bonds is 3. The predicted molar refractivity (Wildman–Crippen MR) is 78.0 cm³/mol. The van der Waals surface area contributed by atoms with Gasteiger partial charge >= 0.3 is 0 Å². The van der Waals surface area contributed by atoms with E-state index in [0.29, 0.717) is 43.6 Å². The van der Waals surface area contributed by atoms with Crippen molar-refractivity contribution in [1.29, 1.82) is 0 Å². The molecule has 1 saturated heterocycles. The van der Waals surface area contributed by atoms with Gasteiger partial charge in [0.05, 0.1) is 19.4 Å². The molecule has 0 saturated carbocycles. The van der Waals surface area contributed by atoms with E-state index in [9.17, 15) is 4.79 Å². The lowest BCUT2D eigenvalue weighted by molar-refractivity contribution is -0.124. The first kappa shape index (κ1) is 13.6. The predicted octanol–water partition coefficient (Wildman–Crippen LogP) is -0.347. The number of ether oxygens (including phenoxy) is 1. The first-order valence-corrected chi connectivity index (χ1v) is 6.92. The van der Waals surface area contributed by atoms with Gasteiger partial charge in [-0.15, -0.1) is 0 Å². The molecule has 1 aliphatic heterocycles. The molecule has 1 unspecified atom stereocenters. The Kier molecular flexibility index (Phi) is 3.61. The lowest BCUT2D eigenvalue weighted by Gasteiger charge is -2.35. The second kappa shape index (κ2) is 5.57. The average Bonchev–Trinajstić information content (AvgIpc) is 2.94. The molecule has 1 fully saturated rings. The number of nitrogens with one attached hydrogen (secondary N) is 1. The third-order valence-electron chi connectivity index (χ3n) is 3.43. The summed E-state index contributed by atoms with van der Waals surface area (Å²) in [5.41, 5.74) is 6.53. The molecule has 3 heterocycles. The fourth-order valence-corrected chi connectivity index (χ4v) is 2.49. The number of hydrogen-bond acceptors (Lipinski definition) is 6. The van der Waals surface area contributed by atoms with Crippen LogP contribution in [-0.4, -0.2) is 52.6 Å². The number of aromatic nitrogens is 3. The normalized spacial score (nSPS) is 18.9. The van der Waals surface area contributed by atoms with Crippen molar-refractivity contribution in [2.75, 3.05) is 36.9 Å². The van der Waals surface area contributed by atoms with E-state index in [2.05, 4.69) is 15.3 Å². The zero-order valence-electron chi connectivity index (χ0n) is 11.8. The first-order chi connectivity index (χ1) is 10.2. The molecule has 0 radical (unpaired) electrons. The molecule has 0 aliphatic carbocycles. The van der Waals surface area contributed by atoms with Crippen molar-refractivity contribution in [2.24, 2.45) is 0 Å². The van der Waals surface area contributed by atoms with Crippen LogP contribution in [0.5, 0.6) is 0 Å². The molecule has 112 valence electrons. The van der Waals surface area contributed by atoms with Crippen LogP contribution in [0.15, 0.2) is 18.6 Å². The number of nitrogens with zero attached hydrogens (tertiary/aromatic N) is 4. The summed E-state index contributed by atoms with van der Waals surface area (Å²) in [7, 11) is 0. The summed E-state index contributed by atoms with van der Waals surface area (Å²) in [6.07, 6.45) is 5.19. The highest BCUT2D eigenvalue weighted by atomic mass is 16.5. The Hall–Kier alpha value is -2.35. The van der Waals surface area contributed by atoms with E-state index in [1.165, 1.54) is 0 Å². The highest BCUT2D eigenvalue weighted by molar-refractivity contribution is 5.86. The number of nitrogen functional groups attached to an aromatic ring is 1. The Bertz CT molecular complexity index is 655. The number of nitrogens with two attached hydrogens (primary N) is 1. The summed E-state index contributed by atoms with van der Waals surface area (Å²) < 4.78 is 7.24. The van der Waals surface area contributed by atoms with E-state index >= 15 is 0 Å². The molecule has 21 heavy (non-hydrogen) atoms. The number of fused-ring (bicyclic) bond motifs is 1. The summed E-state index contributed by atoms with van der Waals surface area (Å²) >= 11 is 0. The summed E-state index contributed by atoms with van der Waals surface area (Å²) in [5.74, 6) is 0.919. The maximum absolute atomic E-state index is 12.2. The Morgan fingerprint density at radius 1 is 1.62 bits per heavy atom. The zero-order valence-corrected chi connectivity index (χ0v) is 11.8. The minimum absolute atomic E-state index is 0.0777. The molecule has 1 amide bonds. The van der Waals surface area contributed by atoms with Crippen molar-refractivity contribution < 1.29 is 9.53 Å².